The highest BCUT2D eigenvalue weighted by Crippen LogP contribution is 2.23. The Hall–Kier alpha value is -2.60. The first kappa shape index (κ1) is 16.3. The van der Waals surface area contributed by atoms with Gasteiger partial charge in [-0.3, -0.25) is 9.78 Å². The summed E-state index contributed by atoms with van der Waals surface area (Å²) in [5.74, 6) is -0.0210. The third-order valence-corrected chi connectivity index (χ3v) is 4.01. The quantitative estimate of drug-likeness (QED) is 0.894. The SMILES string of the molecule is O=C(NCc1ccccn1)N[C@@H]1CC(=O)N(c2ccc(Cl)cc2)C1. The lowest BCUT2D eigenvalue weighted by Crippen LogP contribution is -2.43. The van der Waals surface area contributed by atoms with E-state index in [4.69, 9.17) is 11.6 Å². The molecule has 1 aliphatic rings. The molecule has 1 fully saturated rings. The number of pyridine rings is 1. The van der Waals surface area contributed by atoms with Crippen LogP contribution in [0.4, 0.5) is 10.5 Å². The minimum absolute atomic E-state index is 0.0210. The fraction of sp³-hybridized carbons (Fsp3) is 0.235. The number of anilines is 1. The molecular formula is C17H17ClN4O2. The van der Waals surface area contributed by atoms with E-state index in [1.807, 2.05) is 18.2 Å². The average Bonchev–Trinajstić information content (AvgIpc) is 2.95. The number of hydrogen-bond acceptors (Lipinski definition) is 3. The number of amides is 3. The molecular weight excluding hydrogens is 328 g/mol. The fourth-order valence-electron chi connectivity index (χ4n) is 2.58. The van der Waals surface area contributed by atoms with Gasteiger partial charge in [0.05, 0.1) is 18.3 Å². The maximum Gasteiger partial charge on any atom is 0.315 e. The van der Waals surface area contributed by atoms with Gasteiger partial charge in [0.2, 0.25) is 5.91 Å². The van der Waals surface area contributed by atoms with Crippen molar-refractivity contribution in [1.29, 1.82) is 0 Å². The summed E-state index contributed by atoms with van der Waals surface area (Å²) in [6.45, 7) is 0.783. The first-order valence-corrected chi connectivity index (χ1v) is 8.00. The third-order valence-electron chi connectivity index (χ3n) is 3.75. The van der Waals surface area contributed by atoms with Crippen molar-refractivity contribution >= 4 is 29.2 Å². The second-order valence-corrected chi connectivity index (χ2v) is 5.97. The van der Waals surface area contributed by atoms with Crippen LogP contribution in [0.5, 0.6) is 0 Å². The van der Waals surface area contributed by atoms with Crippen LogP contribution in [0.3, 0.4) is 0 Å². The number of carbonyl (C=O) groups is 2. The highest BCUT2D eigenvalue weighted by Gasteiger charge is 2.31. The first-order chi connectivity index (χ1) is 11.6. The summed E-state index contributed by atoms with van der Waals surface area (Å²) in [5, 5.41) is 6.19. The Bertz CT molecular complexity index is 721. The van der Waals surface area contributed by atoms with Gasteiger partial charge in [0.25, 0.3) is 0 Å². The van der Waals surface area contributed by atoms with E-state index in [0.717, 1.165) is 11.4 Å². The lowest BCUT2D eigenvalue weighted by molar-refractivity contribution is -0.117. The monoisotopic (exact) mass is 344 g/mol. The Morgan fingerprint density at radius 1 is 1.25 bits per heavy atom. The van der Waals surface area contributed by atoms with Crippen molar-refractivity contribution in [2.24, 2.45) is 0 Å². The molecule has 0 bridgehead atoms. The Morgan fingerprint density at radius 3 is 2.75 bits per heavy atom. The van der Waals surface area contributed by atoms with Crippen LogP contribution in [0.1, 0.15) is 12.1 Å². The maximum atomic E-state index is 12.1. The summed E-state index contributed by atoms with van der Waals surface area (Å²) in [7, 11) is 0. The maximum absolute atomic E-state index is 12.1. The molecule has 3 amide bonds. The summed E-state index contributed by atoms with van der Waals surface area (Å²) in [4.78, 5) is 29.9. The van der Waals surface area contributed by atoms with E-state index in [1.165, 1.54) is 0 Å². The molecule has 24 heavy (non-hydrogen) atoms. The van der Waals surface area contributed by atoms with E-state index in [-0.39, 0.29) is 24.4 Å². The van der Waals surface area contributed by atoms with Crippen LogP contribution in [0.2, 0.25) is 5.02 Å². The van der Waals surface area contributed by atoms with Crippen LogP contribution in [0.15, 0.2) is 48.7 Å². The van der Waals surface area contributed by atoms with Gasteiger partial charge in [0.15, 0.2) is 0 Å². The van der Waals surface area contributed by atoms with Crippen molar-refractivity contribution in [3.63, 3.8) is 0 Å². The number of hydrogen-bond donors (Lipinski definition) is 2. The number of nitrogens with zero attached hydrogens (tertiary/aromatic N) is 2. The van der Waals surface area contributed by atoms with Gasteiger partial charge in [-0.25, -0.2) is 4.79 Å². The molecule has 1 aliphatic heterocycles. The Labute approximate surface area is 144 Å². The Morgan fingerprint density at radius 2 is 2.04 bits per heavy atom. The van der Waals surface area contributed by atoms with Crippen molar-refractivity contribution in [2.75, 3.05) is 11.4 Å². The predicted octanol–water partition coefficient (Wildman–Crippen LogP) is 2.34. The molecule has 1 atom stereocenters. The molecule has 2 heterocycles. The lowest BCUT2D eigenvalue weighted by atomic mass is 10.2. The molecule has 2 aromatic rings. The second kappa shape index (κ2) is 7.31. The average molecular weight is 345 g/mol. The predicted molar refractivity (Wildman–Crippen MR) is 91.8 cm³/mol. The van der Waals surface area contributed by atoms with Gasteiger partial charge in [0.1, 0.15) is 0 Å². The normalized spacial score (nSPS) is 17.0. The Kier molecular flexibility index (Phi) is 4.96. The number of aromatic nitrogens is 1. The number of nitrogens with one attached hydrogen (secondary N) is 2. The fourth-order valence-corrected chi connectivity index (χ4v) is 2.71. The highest BCUT2D eigenvalue weighted by atomic mass is 35.5. The van der Waals surface area contributed by atoms with Gasteiger partial charge in [-0.05, 0) is 36.4 Å². The summed E-state index contributed by atoms with van der Waals surface area (Å²) in [6, 6.07) is 12.1. The molecule has 1 saturated heterocycles. The van der Waals surface area contributed by atoms with Gasteiger partial charge in [0, 0.05) is 29.9 Å². The van der Waals surface area contributed by atoms with E-state index in [2.05, 4.69) is 15.6 Å². The van der Waals surface area contributed by atoms with E-state index in [0.29, 0.717) is 18.1 Å². The first-order valence-electron chi connectivity index (χ1n) is 7.62. The highest BCUT2D eigenvalue weighted by molar-refractivity contribution is 6.30. The van der Waals surface area contributed by atoms with Crippen LogP contribution < -0.4 is 15.5 Å². The van der Waals surface area contributed by atoms with Crippen LogP contribution >= 0.6 is 11.6 Å². The van der Waals surface area contributed by atoms with Gasteiger partial charge >= 0.3 is 6.03 Å². The molecule has 0 spiro atoms. The number of carbonyl (C=O) groups excluding carboxylic acids is 2. The Balaban J connectivity index is 1.52. The topological polar surface area (TPSA) is 74.3 Å². The summed E-state index contributed by atoms with van der Waals surface area (Å²) < 4.78 is 0. The van der Waals surface area contributed by atoms with Gasteiger partial charge in [-0.2, -0.15) is 0 Å². The van der Waals surface area contributed by atoms with Crippen LogP contribution in [-0.4, -0.2) is 29.5 Å². The number of urea groups is 1. The minimum Gasteiger partial charge on any atom is -0.333 e. The summed E-state index contributed by atoms with van der Waals surface area (Å²) >= 11 is 5.86. The lowest BCUT2D eigenvalue weighted by Gasteiger charge is -2.17. The smallest absolute Gasteiger partial charge is 0.315 e. The number of benzene rings is 1. The second-order valence-electron chi connectivity index (χ2n) is 5.53. The van der Waals surface area contributed by atoms with Crippen molar-refractivity contribution < 1.29 is 9.59 Å². The van der Waals surface area contributed by atoms with E-state index in [9.17, 15) is 9.59 Å². The van der Waals surface area contributed by atoms with E-state index < -0.39 is 0 Å². The molecule has 2 N–H and O–H groups in total. The molecule has 7 heteroatoms. The van der Waals surface area contributed by atoms with Crippen LogP contribution in [0.25, 0.3) is 0 Å². The zero-order valence-electron chi connectivity index (χ0n) is 12.9. The summed E-state index contributed by atoms with van der Waals surface area (Å²) in [5.41, 5.74) is 1.56. The van der Waals surface area contributed by atoms with Crippen LogP contribution in [-0.2, 0) is 11.3 Å². The number of halogens is 1. The standard InChI is InChI=1S/C17H17ClN4O2/c18-12-4-6-15(7-5-12)22-11-14(9-16(22)23)21-17(24)20-10-13-3-1-2-8-19-13/h1-8,14H,9-11H2,(H2,20,21,24)/t14-/m1/s1. The molecule has 0 unspecified atom stereocenters. The van der Waals surface area contributed by atoms with Gasteiger partial charge < -0.3 is 15.5 Å². The van der Waals surface area contributed by atoms with E-state index in [1.54, 1.807) is 35.4 Å². The van der Waals surface area contributed by atoms with Crippen molar-refractivity contribution in [2.45, 2.75) is 19.0 Å². The molecule has 1 aromatic carbocycles. The summed E-state index contributed by atoms with van der Waals surface area (Å²) in [6.07, 6.45) is 1.95. The molecule has 6 nitrogen and oxygen atoms in total. The molecule has 3 rings (SSSR count). The van der Waals surface area contributed by atoms with Crippen molar-refractivity contribution in [3.8, 4) is 0 Å². The largest absolute Gasteiger partial charge is 0.333 e. The minimum atomic E-state index is -0.309. The molecule has 0 radical (unpaired) electrons. The van der Waals surface area contributed by atoms with Gasteiger partial charge in [-0.1, -0.05) is 17.7 Å². The van der Waals surface area contributed by atoms with Crippen LogP contribution in [0, 0.1) is 0 Å². The van der Waals surface area contributed by atoms with Crippen molar-refractivity contribution in [1.82, 2.24) is 15.6 Å². The molecule has 0 saturated carbocycles. The van der Waals surface area contributed by atoms with Crippen molar-refractivity contribution in [3.05, 3.63) is 59.4 Å². The number of rotatable bonds is 4. The molecule has 124 valence electrons. The zero-order chi connectivity index (χ0) is 16.9. The molecule has 0 aliphatic carbocycles. The van der Waals surface area contributed by atoms with Gasteiger partial charge in [-0.15, -0.1) is 0 Å². The zero-order valence-corrected chi connectivity index (χ0v) is 13.7. The molecule has 1 aromatic heterocycles. The van der Waals surface area contributed by atoms with E-state index >= 15 is 0 Å². The third kappa shape index (κ3) is 4.02.